The Kier molecular flexibility index (Phi) is 4.73. The van der Waals surface area contributed by atoms with Gasteiger partial charge in [0.25, 0.3) is 0 Å². The summed E-state index contributed by atoms with van der Waals surface area (Å²) in [5, 5.41) is 3.20. The van der Waals surface area contributed by atoms with Crippen molar-refractivity contribution < 1.29 is 12.8 Å². The van der Waals surface area contributed by atoms with Crippen LogP contribution >= 0.6 is 0 Å². The Hall–Kier alpha value is -1.18. The summed E-state index contributed by atoms with van der Waals surface area (Å²) in [6.07, 6.45) is 0. The molecule has 2 rings (SSSR count). The van der Waals surface area contributed by atoms with Crippen LogP contribution in [0.5, 0.6) is 0 Å². The summed E-state index contributed by atoms with van der Waals surface area (Å²) < 4.78 is 39.4. The number of hydrogen-bond acceptors (Lipinski definition) is 4. The molecule has 0 amide bonds. The monoisotopic (exact) mass is 287 g/mol. The Morgan fingerprint density at radius 1 is 1.26 bits per heavy atom. The molecule has 106 valence electrons. The number of piperazine rings is 1. The largest absolute Gasteiger partial charge is 0.314 e. The third kappa shape index (κ3) is 4.45. The molecule has 1 aromatic rings. The molecule has 0 aromatic heterocycles. The molecule has 0 aliphatic carbocycles. The molecule has 1 aliphatic heterocycles. The smallest absolute Gasteiger partial charge is 0.234 e. The first kappa shape index (κ1) is 14.2. The van der Waals surface area contributed by atoms with Gasteiger partial charge in [0.05, 0.1) is 11.4 Å². The first-order chi connectivity index (χ1) is 9.07. The highest BCUT2D eigenvalue weighted by Gasteiger charge is 2.16. The third-order valence-corrected chi connectivity index (χ3v) is 4.28. The van der Waals surface area contributed by atoms with Crippen molar-refractivity contribution in [2.24, 2.45) is 0 Å². The van der Waals surface area contributed by atoms with Crippen LogP contribution in [-0.4, -0.2) is 51.8 Å². The maximum Gasteiger partial charge on any atom is 0.234 e. The minimum absolute atomic E-state index is 0.00260. The van der Waals surface area contributed by atoms with Crippen molar-refractivity contribution in [1.29, 1.82) is 0 Å². The highest BCUT2D eigenvalue weighted by Crippen LogP contribution is 2.14. The van der Waals surface area contributed by atoms with Crippen molar-refractivity contribution in [2.75, 3.05) is 43.2 Å². The van der Waals surface area contributed by atoms with Gasteiger partial charge in [-0.25, -0.2) is 12.8 Å². The lowest BCUT2D eigenvalue weighted by molar-refractivity contribution is 0.254. The van der Waals surface area contributed by atoms with E-state index in [1.54, 1.807) is 6.07 Å². The van der Waals surface area contributed by atoms with Gasteiger partial charge in [-0.1, -0.05) is 12.1 Å². The number of sulfonamides is 1. The molecule has 1 fully saturated rings. The third-order valence-electron chi connectivity index (χ3n) is 3.03. The molecule has 1 aliphatic rings. The van der Waals surface area contributed by atoms with Crippen LogP contribution in [0.3, 0.4) is 0 Å². The van der Waals surface area contributed by atoms with Crippen LogP contribution in [-0.2, 0) is 10.0 Å². The van der Waals surface area contributed by atoms with Crippen molar-refractivity contribution in [3.8, 4) is 0 Å². The minimum atomic E-state index is -3.51. The minimum Gasteiger partial charge on any atom is -0.314 e. The highest BCUT2D eigenvalue weighted by atomic mass is 32.2. The van der Waals surface area contributed by atoms with E-state index in [0.717, 1.165) is 26.2 Å². The second kappa shape index (κ2) is 6.31. The SMILES string of the molecule is O=S(=O)(CCN1CCNCC1)Nc1ccccc1F. The molecule has 2 N–H and O–H groups in total. The van der Waals surface area contributed by atoms with E-state index < -0.39 is 15.8 Å². The number of nitrogens with one attached hydrogen (secondary N) is 2. The molecule has 0 unspecified atom stereocenters. The van der Waals surface area contributed by atoms with Crippen LogP contribution < -0.4 is 10.0 Å². The zero-order chi connectivity index (χ0) is 13.7. The second-order valence-corrected chi connectivity index (χ2v) is 6.33. The zero-order valence-electron chi connectivity index (χ0n) is 10.6. The average Bonchev–Trinajstić information content (AvgIpc) is 2.40. The normalized spacial score (nSPS) is 17.3. The van der Waals surface area contributed by atoms with Gasteiger partial charge in [-0.05, 0) is 12.1 Å². The molecule has 0 saturated carbocycles. The molecule has 5 nitrogen and oxygen atoms in total. The van der Waals surface area contributed by atoms with Crippen LogP contribution in [0.2, 0.25) is 0 Å². The van der Waals surface area contributed by atoms with E-state index in [2.05, 4.69) is 14.9 Å². The van der Waals surface area contributed by atoms with Gasteiger partial charge in [0.2, 0.25) is 10.0 Å². The number of para-hydroxylation sites is 1. The van der Waals surface area contributed by atoms with E-state index in [0.29, 0.717) is 6.54 Å². The van der Waals surface area contributed by atoms with Gasteiger partial charge in [-0.2, -0.15) is 0 Å². The fourth-order valence-corrected chi connectivity index (χ4v) is 3.05. The highest BCUT2D eigenvalue weighted by molar-refractivity contribution is 7.92. The molecule has 0 spiro atoms. The summed E-state index contributed by atoms with van der Waals surface area (Å²) in [7, 11) is -3.51. The molecule has 1 aromatic carbocycles. The molecular weight excluding hydrogens is 269 g/mol. The van der Waals surface area contributed by atoms with Gasteiger partial charge >= 0.3 is 0 Å². The van der Waals surface area contributed by atoms with Gasteiger partial charge in [0, 0.05) is 32.7 Å². The summed E-state index contributed by atoms with van der Waals surface area (Å²) in [6.45, 7) is 3.90. The lowest BCUT2D eigenvalue weighted by Gasteiger charge is -2.26. The van der Waals surface area contributed by atoms with E-state index in [9.17, 15) is 12.8 Å². The molecule has 1 saturated heterocycles. The first-order valence-corrected chi connectivity index (χ1v) is 7.90. The Morgan fingerprint density at radius 2 is 1.95 bits per heavy atom. The first-order valence-electron chi connectivity index (χ1n) is 6.25. The van der Waals surface area contributed by atoms with E-state index in [1.807, 2.05) is 0 Å². The van der Waals surface area contributed by atoms with Crippen molar-refractivity contribution in [3.05, 3.63) is 30.1 Å². The number of benzene rings is 1. The lowest BCUT2D eigenvalue weighted by atomic mass is 10.3. The predicted molar refractivity (Wildman–Crippen MR) is 73.1 cm³/mol. The van der Waals surface area contributed by atoms with Crippen LogP contribution in [0.15, 0.2) is 24.3 Å². The second-order valence-electron chi connectivity index (χ2n) is 4.49. The Labute approximate surface area is 112 Å². The molecule has 0 bridgehead atoms. The van der Waals surface area contributed by atoms with E-state index in [4.69, 9.17) is 0 Å². The van der Waals surface area contributed by atoms with Gasteiger partial charge in [-0.3, -0.25) is 9.62 Å². The van der Waals surface area contributed by atoms with Crippen LogP contribution in [0.1, 0.15) is 0 Å². The van der Waals surface area contributed by atoms with Crippen molar-refractivity contribution >= 4 is 15.7 Å². The van der Waals surface area contributed by atoms with Crippen LogP contribution in [0, 0.1) is 5.82 Å². The standard InChI is InChI=1S/C12H18FN3O2S/c13-11-3-1-2-4-12(11)15-19(17,18)10-9-16-7-5-14-6-8-16/h1-4,14-15H,5-10H2. The van der Waals surface area contributed by atoms with Gasteiger partial charge < -0.3 is 5.32 Å². The summed E-state index contributed by atoms with van der Waals surface area (Å²) in [5.41, 5.74) is 0.00260. The number of anilines is 1. The zero-order valence-corrected chi connectivity index (χ0v) is 11.4. The number of hydrogen-bond donors (Lipinski definition) is 2. The van der Waals surface area contributed by atoms with E-state index in [1.165, 1.54) is 18.2 Å². The summed E-state index contributed by atoms with van der Waals surface area (Å²) in [5.74, 6) is -0.588. The average molecular weight is 287 g/mol. The summed E-state index contributed by atoms with van der Waals surface area (Å²) in [4.78, 5) is 2.08. The maximum absolute atomic E-state index is 13.4. The van der Waals surface area contributed by atoms with Gasteiger partial charge in [0.15, 0.2) is 0 Å². The fourth-order valence-electron chi connectivity index (χ4n) is 1.95. The van der Waals surface area contributed by atoms with Crippen molar-refractivity contribution in [2.45, 2.75) is 0 Å². The van der Waals surface area contributed by atoms with E-state index in [-0.39, 0.29) is 11.4 Å². The van der Waals surface area contributed by atoms with Crippen LogP contribution in [0.25, 0.3) is 0 Å². The quantitative estimate of drug-likeness (QED) is 0.826. The molecule has 0 atom stereocenters. The van der Waals surface area contributed by atoms with Crippen molar-refractivity contribution in [3.63, 3.8) is 0 Å². The molecule has 19 heavy (non-hydrogen) atoms. The Balaban J connectivity index is 1.90. The van der Waals surface area contributed by atoms with Crippen LogP contribution in [0.4, 0.5) is 10.1 Å². The molecule has 1 heterocycles. The maximum atomic E-state index is 13.4. The molecule has 0 radical (unpaired) electrons. The number of halogens is 1. The predicted octanol–water partition coefficient (Wildman–Crippen LogP) is 0.473. The Bertz CT molecular complexity index is 515. The summed E-state index contributed by atoms with van der Waals surface area (Å²) >= 11 is 0. The molecular formula is C12H18FN3O2S. The van der Waals surface area contributed by atoms with Gasteiger partial charge in [0.1, 0.15) is 5.82 Å². The fraction of sp³-hybridized carbons (Fsp3) is 0.500. The summed E-state index contributed by atoms with van der Waals surface area (Å²) in [6, 6.07) is 5.76. The van der Waals surface area contributed by atoms with E-state index >= 15 is 0 Å². The number of rotatable bonds is 5. The number of nitrogens with zero attached hydrogens (tertiary/aromatic N) is 1. The lowest BCUT2D eigenvalue weighted by Crippen LogP contribution is -2.45. The van der Waals surface area contributed by atoms with Crippen molar-refractivity contribution in [1.82, 2.24) is 10.2 Å². The molecule has 7 heteroatoms. The van der Waals surface area contributed by atoms with Gasteiger partial charge in [-0.15, -0.1) is 0 Å². The topological polar surface area (TPSA) is 61.4 Å². The Morgan fingerprint density at radius 3 is 2.63 bits per heavy atom.